The minimum Gasteiger partial charge on any atom is -0.448 e. The number of amides is 1. The summed E-state index contributed by atoms with van der Waals surface area (Å²) in [6, 6.07) is 26.0. The van der Waals surface area contributed by atoms with E-state index in [9.17, 15) is 14.4 Å². The summed E-state index contributed by atoms with van der Waals surface area (Å²) in [6.07, 6.45) is -1.08. The number of carbonyl (C=O) groups excluding carboxylic acids is 3. The molecule has 0 saturated carbocycles. The standard InChI is InChI=1S/C23H19NO4/c25-20(16-24-23(27)19-14-8-3-9-15-19)28-22(18-12-6-2-7-13-18)21(26)17-10-4-1-5-11-17/h1-15,22H,16H2,(H,24,27)/t22-/m0/s1. The number of Topliss-reactive ketones (excluding diaryl/α,β-unsaturated/α-hetero) is 1. The molecule has 28 heavy (non-hydrogen) atoms. The summed E-state index contributed by atoms with van der Waals surface area (Å²) in [7, 11) is 0. The van der Waals surface area contributed by atoms with Crippen molar-refractivity contribution in [3.63, 3.8) is 0 Å². The summed E-state index contributed by atoms with van der Waals surface area (Å²) in [5.41, 5.74) is 1.45. The Morgan fingerprint density at radius 3 is 1.79 bits per heavy atom. The van der Waals surface area contributed by atoms with Crippen LogP contribution >= 0.6 is 0 Å². The van der Waals surface area contributed by atoms with Crippen LogP contribution in [0, 0.1) is 0 Å². The summed E-state index contributed by atoms with van der Waals surface area (Å²) >= 11 is 0. The average Bonchev–Trinajstić information content (AvgIpc) is 2.77. The van der Waals surface area contributed by atoms with Gasteiger partial charge in [-0.05, 0) is 12.1 Å². The smallest absolute Gasteiger partial charge is 0.326 e. The van der Waals surface area contributed by atoms with Gasteiger partial charge in [0, 0.05) is 16.7 Å². The van der Waals surface area contributed by atoms with Crippen LogP contribution in [0.1, 0.15) is 32.4 Å². The number of benzene rings is 3. The van der Waals surface area contributed by atoms with Crippen LogP contribution in [0.2, 0.25) is 0 Å². The lowest BCUT2D eigenvalue weighted by Crippen LogP contribution is -2.32. The molecule has 0 saturated heterocycles. The second kappa shape index (κ2) is 9.28. The topological polar surface area (TPSA) is 72.5 Å². The van der Waals surface area contributed by atoms with Crippen molar-refractivity contribution in [2.24, 2.45) is 0 Å². The number of esters is 1. The van der Waals surface area contributed by atoms with Gasteiger partial charge in [0.15, 0.2) is 6.10 Å². The highest BCUT2D eigenvalue weighted by molar-refractivity contribution is 6.01. The van der Waals surface area contributed by atoms with Gasteiger partial charge in [0.25, 0.3) is 5.91 Å². The molecule has 0 unspecified atom stereocenters. The molecule has 3 rings (SSSR count). The Labute approximate surface area is 163 Å². The quantitative estimate of drug-likeness (QED) is 0.507. The van der Waals surface area contributed by atoms with Gasteiger partial charge >= 0.3 is 5.97 Å². The van der Waals surface area contributed by atoms with Crippen LogP contribution in [0.4, 0.5) is 0 Å². The minimum atomic E-state index is -1.08. The van der Waals surface area contributed by atoms with Gasteiger partial charge in [-0.25, -0.2) is 0 Å². The molecule has 0 aliphatic heterocycles. The van der Waals surface area contributed by atoms with E-state index in [0.29, 0.717) is 16.7 Å². The maximum Gasteiger partial charge on any atom is 0.326 e. The molecule has 3 aromatic rings. The van der Waals surface area contributed by atoms with Gasteiger partial charge in [0.1, 0.15) is 6.54 Å². The lowest BCUT2D eigenvalue weighted by molar-refractivity contribution is -0.146. The van der Waals surface area contributed by atoms with Gasteiger partial charge in [0.2, 0.25) is 5.78 Å². The van der Waals surface area contributed by atoms with Gasteiger partial charge in [-0.1, -0.05) is 78.9 Å². The average molecular weight is 373 g/mol. The summed E-state index contributed by atoms with van der Waals surface area (Å²) in [5, 5.41) is 2.51. The van der Waals surface area contributed by atoms with Crippen LogP contribution in [0.5, 0.6) is 0 Å². The first-order valence-corrected chi connectivity index (χ1v) is 8.82. The number of rotatable bonds is 7. The number of carbonyl (C=O) groups is 3. The van der Waals surface area contributed by atoms with Crippen LogP contribution in [-0.2, 0) is 9.53 Å². The van der Waals surface area contributed by atoms with E-state index in [0.717, 1.165) is 0 Å². The molecule has 0 fully saturated rings. The van der Waals surface area contributed by atoms with Crippen LogP contribution in [-0.4, -0.2) is 24.2 Å². The molecule has 0 aliphatic carbocycles. The molecule has 0 bridgehead atoms. The van der Waals surface area contributed by atoms with Gasteiger partial charge < -0.3 is 10.1 Å². The molecular formula is C23H19NO4. The van der Waals surface area contributed by atoms with Crippen molar-refractivity contribution in [2.75, 3.05) is 6.54 Å². The largest absolute Gasteiger partial charge is 0.448 e. The zero-order valence-corrected chi connectivity index (χ0v) is 15.1. The van der Waals surface area contributed by atoms with E-state index < -0.39 is 12.1 Å². The zero-order valence-electron chi connectivity index (χ0n) is 15.1. The number of nitrogens with one attached hydrogen (secondary N) is 1. The normalized spacial score (nSPS) is 11.3. The summed E-state index contributed by atoms with van der Waals surface area (Å²) in [5.74, 6) is -1.40. The van der Waals surface area contributed by atoms with Crippen molar-refractivity contribution < 1.29 is 19.1 Å². The Bertz CT molecular complexity index is 940. The van der Waals surface area contributed by atoms with Gasteiger partial charge in [0.05, 0.1) is 0 Å². The van der Waals surface area contributed by atoms with E-state index in [1.807, 2.05) is 6.07 Å². The molecule has 0 spiro atoms. The van der Waals surface area contributed by atoms with Crippen molar-refractivity contribution in [2.45, 2.75) is 6.10 Å². The molecule has 140 valence electrons. The maximum absolute atomic E-state index is 12.9. The lowest BCUT2D eigenvalue weighted by atomic mass is 10.00. The minimum absolute atomic E-state index is 0.325. The highest BCUT2D eigenvalue weighted by Gasteiger charge is 2.26. The first kappa shape index (κ1) is 19.0. The van der Waals surface area contributed by atoms with E-state index in [1.54, 1.807) is 84.9 Å². The predicted octanol–water partition coefficient (Wildman–Crippen LogP) is 3.58. The van der Waals surface area contributed by atoms with Crippen LogP contribution in [0.15, 0.2) is 91.0 Å². The van der Waals surface area contributed by atoms with Gasteiger partial charge in [-0.2, -0.15) is 0 Å². The van der Waals surface area contributed by atoms with Crippen molar-refractivity contribution in [1.29, 1.82) is 0 Å². The number of ketones is 1. The Balaban J connectivity index is 1.70. The SMILES string of the molecule is O=C(CNC(=O)c1ccccc1)O[C@H](C(=O)c1ccccc1)c1ccccc1. The molecule has 0 aliphatic rings. The molecule has 1 N–H and O–H groups in total. The third-order valence-corrected chi connectivity index (χ3v) is 4.08. The zero-order chi connectivity index (χ0) is 19.8. The van der Waals surface area contributed by atoms with Crippen LogP contribution in [0.25, 0.3) is 0 Å². The Kier molecular flexibility index (Phi) is 6.31. The third kappa shape index (κ3) is 4.92. The molecule has 0 heterocycles. The summed E-state index contributed by atoms with van der Waals surface area (Å²) in [6.45, 7) is -0.334. The van der Waals surface area contributed by atoms with E-state index in [1.165, 1.54) is 0 Å². The number of hydrogen-bond acceptors (Lipinski definition) is 4. The first-order valence-electron chi connectivity index (χ1n) is 8.82. The molecule has 0 aromatic heterocycles. The van der Waals surface area contributed by atoms with Crippen molar-refractivity contribution in [3.05, 3.63) is 108 Å². The van der Waals surface area contributed by atoms with Gasteiger partial charge in [-0.15, -0.1) is 0 Å². The molecule has 1 amide bonds. The monoisotopic (exact) mass is 373 g/mol. The van der Waals surface area contributed by atoms with Crippen LogP contribution in [0.3, 0.4) is 0 Å². The molecule has 0 radical (unpaired) electrons. The van der Waals surface area contributed by atoms with E-state index in [2.05, 4.69) is 5.32 Å². The molecule has 5 heteroatoms. The number of hydrogen-bond donors (Lipinski definition) is 1. The molecule has 5 nitrogen and oxygen atoms in total. The van der Waals surface area contributed by atoms with Crippen molar-refractivity contribution in [3.8, 4) is 0 Å². The van der Waals surface area contributed by atoms with E-state index in [4.69, 9.17) is 4.74 Å². The van der Waals surface area contributed by atoms with Gasteiger partial charge in [-0.3, -0.25) is 14.4 Å². The second-order valence-electron chi connectivity index (χ2n) is 6.06. The molecule has 1 atom stereocenters. The molecular weight excluding hydrogens is 354 g/mol. The van der Waals surface area contributed by atoms with Crippen molar-refractivity contribution in [1.82, 2.24) is 5.32 Å². The first-order chi connectivity index (χ1) is 13.6. The fourth-order valence-electron chi connectivity index (χ4n) is 2.67. The van der Waals surface area contributed by atoms with E-state index in [-0.39, 0.29) is 18.2 Å². The third-order valence-electron chi connectivity index (χ3n) is 4.08. The fourth-order valence-corrected chi connectivity index (χ4v) is 2.67. The lowest BCUT2D eigenvalue weighted by Gasteiger charge is -2.17. The fraction of sp³-hybridized carbons (Fsp3) is 0.0870. The number of ether oxygens (including phenoxy) is 1. The Morgan fingerprint density at radius 2 is 1.21 bits per heavy atom. The second-order valence-corrected chi connectivity index (χ2v) is 6.06. The highest BCUT2D eigenvalue weighted by Crippen LogP contribution is 2.22. The molecule has 3 aromatic carbocycles. The maximum atomic E-state index is 12.9. The predicted molar refractivity (Wildman–Crippen MR) is 105 cm³/mol. The van der Waals surface area contributed by atoms with Crippen molar-refractivity contribution >= 4 is 17.7 Å². The Morgan fingerprint density at radius 1 is 0.714 bits per heavy atom. The van der Waals surface area contributed by atoms with Crippen LogP contribution < -0.4 is 5.32 Å². The Hall–Kier alpha value is -3.73. The van der Waals surface area contributed by atoms with E-state index >= 15 is 0 Å². The summed E-state index contributed by atoms with van der Waals surface area (Å²) < 4.78 is 5.44. The highest BCUT2D eigenvalue weighted by atomic mass is 16.5. The summed E-state index contributed by atoms with van der Waals surface area (Å²) in [4.78, 5) is 37.3.